The highest BCUT2D eigenvalue weighted by molar-refractivity contribution is 5.90. The number of fused-ring (bicyclic) bond motifs is 4. The van der Waals surface area contributed by atoms with Gasteiger partial charge in [-0.1, -0.05) is 38.1 Å². The SMILES string of the molecule is C=C1c2[nH]c3ccccc3c2CCN2C[C@@H](CC)CC[C@H]12. The Morgan fingerprint density at radius 3 is 3.00 bits per heavy atom. The zero-order valence-electron chi connectivity index (χ0n) is 12.9. The van der Waals surface area contributed by atoms with Crippen molar-refractivity contribution in [3.8, 4) is 0 Å². The highest BCUT2D eigenvalue weighted by atomic mass is 15.2. The number of H-pyrrole nitrogens is 1. The van der Waals surface area contributed by atoms with Crippen LogP contribution in [-0.2, 0) is 6.42 Å². The van der Waals surface area contributed by atoms with Crippen LogP contribution < -0.4 is 0 Å². The number of hydrogen-bond donors (Lipinski definition) is 1. The zero-order valence-corrected chi connectivity index (χ0v) is 12.9. The molecular formula is C19H24N2. The monoisotopic (exact) mass is 280 g/mol. The third-order valence-corrected chi connectivity index (χ3v) is 5.55. The fraction of sp³-hybridized carbons (Fsp3) is 0.474. The number of aromatic nitrogens is 1. The minimum Gasteiger partial charge on any atom is -0.355 e. The van der Waals surface area contributed by atoms with Gasteiger partial charge in [0.05, 0.1) is 0 Å². The molecular weight excluding hydrogens is 256 g/mol. The van der Waals surface area contributed by atoms with E-state index in [1.807, 2.05) is 0 Å². The van der Waals surface area contributed by atoms with Gasteiger partial charge in [0.1, 0.15) is 0 Å². The second-order valence-electron chi connectivity index (χ2n) is 6.66. The molecule has 0 radical (unpaired) electrons. The van der Waals surface area contributed by atoms with Gasteiger partial charge >= 0.3 is 0 Å². The number of piperidine rings is 1. The Balaban J connectivity index is 1.75. The first kappa shape index (κ1) is 13.1. The van der Waals surface area contributed by atoms with Crippen LogP contribution in [-0.4, -0.2) is 29.0 Å². The molecule has 1 fully saturated rings. The van der Waals surface area contributed by atoms with E-state index in [-0.39, 0.29) is 0 Å². The summed E-state index contributed by atoms with van der Waals surface area (Å²) in [6.07, 6.45) is 5.08. The van der Waals surface area contributed by atoms with Crippen molar-refractivity contribution < 1.29 is 0 Å². The van der Waals surface area contributed by atoms with Crippen molar-refractivity contribution in [2.75, 3.05) is 13.1 Å². The molecule has 1 N–H and O–H groups in total. The predicted octanol–water partition coefficient (Wildman–Crippen LogP) is 4.23. The number of hydrogen-bond acceptors (Lipinski definition) is 1. The Bertz CT molecular complexity index is 682. The molecule has 0 bridgehead atoms. The van der Waals surface area contributed by atoms with Gasteiger partial charge in [-0.25, -0.2) is 0 Å². The highest BCUT2D eigenvalue weighted by Gasteiger charge is 2.33. The largest absolute Gasteiger partial charge is 0.355 e. The summed E-state index contributed by atoms with van der Waals surface area (Å²) in [5, 5.41) is 1.39. The van der Waals surface area contributed by atoms with E-state index in [1.165, 1.54) is 60.1 Å². The smallest absolute Gasteiger partial charge is 0.0466 e. The van der Waals surface area contributed by atoms with Crippen LogP contribution in [0, 0.1) is 5.92 Å². The summed E-state index contributed by atoms with van der Waals surface area (Å²) in [6, 6.07) is 9.23. The molecule has 1 aromatic heterocycles. The summed E-state index contributed by atoms with van der Waals surface area (Å²) in [5.74, 6) is 0.877. The molecule has 1 saturated heterocycles. The molecule has 2 heteroatoms. The van der Waals surface area contributed by atoms with Crippen molar-refractivity contribution in [3.63, 3.8) is 0 Å². The van der Waals surface area contributed by atoms with Gasteiger partial charge < -0.3 is 4.98 Å². The third-order valence-electron chi connectivity index (χ3n) is 5.55. The van der Waals surface area contributed by atoms with Crippen molar-refractivity contribution in [1.29, 1.82) is 0 Å². The first-order chi connectivity index (χ1) is 10.3. The molecule has 2 aromatic rings. The molecule has 110 valence electrons. The van der Waals surface area contributed by atoms with E-state index in [0.717, 1.165) is 12.3 Å². The van der Waals surface area contributed by atoms with Crippen LogP contribution in [0.4, 0.5) is 0 Å². The van der Waals surface area contributed by atoms with Gasteiger partial charge in [-0.2, -0.15) is 0 Å². The maximum Gasteiger partial charge on any atom is 0.0466 e. The average Bonchev–Trinajstić information content (AvgIpc) is 2.84. The van der Waals surface area contributed by atoms with Crippen molar-refractivity contribution in [3.05, 3.63) is 42.1 Å². The van der Waals surface area contributed by atoms with Gasteiger partial charge in [0.15, 0.2) is 0 Å². The second-order valence-corrected chi connectivity index (χ2v) is 6.66. The highest BCUT2D eigenvalue weighted by Crippen LogP contribution is 2.38. The first-order valence-electron chi connectivity index (χ1n) is 8.30. The average molecular weight is 280 g/mol. The molecule has 21 heavy (non-hydrogen) atoms. The van der Waals surface area contributed by atoms with Crippen LogP contribution >= 0.6 is 0 Å². The van der Waals surface area contributed by atoms with Crippen molar-refractivity contribution >= 4 is 16.5 Å². The molecule has 0 saturated carbocycles. The zero-order chi connectivity index (χ0) is 14.4. The van der Waals surface area contributed by atoms with E-state index in [1.54, 1.807) is 0 Å². The predicted molar refractivity (Wildman–Crippen MR) is 89.4 cm³/mol. The normalized spacial score (nSPS) is 26.4. The Morgan fingerprint density at radius 1 is 1.29 bits per heavy atom. The number of nitrogens with one attached hydrogen (secondary N) is 1. The minimum absolute atomic E-state index is 0.544. The lowest BCUT2D eigenvalue weighted by molar-refractivity contribution is 0.141. The van der Waals surface area contributed by atoms with Gasteiger partial charge in [-0.15, -0.1) is 0 Å². The van der Waals surface area contributed by atoms with Gasteiger partial charge in [0, 0.05) is 35.7 Å². The van der Waals surface area contributed by atoms with E-state index >= 15 is 0 Å². The van der Waals surface area contributed by atoms with Crippen LogP contribution in [0.1, 0.15) is 37.4 Å². The molecule has 0 aliphatic carbocycles. The number of nitrogens with zero attached hydrogens (tertiary/aromatic N) is 1. The Morgan fingerprint density at radius 2 is 2.14 bits per heavy atom. The summed E-state index contributed by atoms with van der Waals surface area (Å²) in [5.41, 5.74) is 5.38. The number of rotatable bonds is 1. The topological polar surface area (TPSA) is 19.0 Å². The van der Waals surface area contributed by atoms with E-state index in [2.05, 4.69) is 47.7 Å². The number of para-hydroxylation sites is 1. The van der Waals surface area contributed by atoms with E-state index in [9.17, 15) is 0 Å². The molecule has 0 spiro atoms. The standard InChI is InChI=1S/C19H24N2/c1-3-14-8-9-18-13(2)19-16(10-11-21(18)12-14)15-6-4-5-7-17(15)20-19/h4-7,14,18,20H,2-3,8-12H2,1H3/t14-,18+/m0/s1. The Hall–Kier alpha value is -1.54. The summed E-state index contributed by atoms with van der Waals surface area (Å²) < 4.78 is 0. The summed E-state index contributed by atoms with van der Waals surface area (Å²) >= 11 is 0. The summed E-state index contributed by atoms with van der Waals surface area (Å²) in [7, 11) is 0. The van der Waals surface area contributed by atoms with Gasteiger partial charge in [-0.05, 0) is 42.4 Å². The van der Waals surface area contributed by atoms with E-state index in [0.29, 0.717) is 6.04 Å². The van der Waals surface area contributed by atoms with Crippen LogP contribution in [0.3, 0.4) is 0 Å². The fourth-order valence-corrected chi connectivity index (χ4v) is 4.26. The third kappa shape index (κ3) is 2.04. The van der Waals surface area contributed by atoms with Crippen LogP contribution in [0.15, 0.2) is 30.8 Å². The molecule has 0 unspecified atom stereocenters. The van der Waals surface area contributed by atoms with Crippen LogP contribution in [0.5, 0.6) is 0 Å². The Labute approximate surface area is 126 Å². The van der Waals surface area contributed by atoms with E-state index < -0.39 is 0 Å². The lowest BCUT2D eigenvalue weighted by atomic mass is 9.87. The van der Waals surface area contributed by atoms with Crippen molar-refractivity contribution in [2.24, 2.45) is 5.92 Å². The molecule has 2 atom stereocenters. The van der Waals surface area contributed by atoms with Gasteiger partial charge in [0.2, 0.25) is 0 Å². The quantitative estimate of drug-likeness (QED) is 0.828. The van der Waals surface area contributed by atoms with Crippen molar-refractivity contribution in [2.45, 2.75) is 38.6 Å². The lowest BCUT2D eigenvalue weighted by Gasteiger charge is -2.39. The van der Waals surface area contributed by atoms with Gasteiger partial charge in [-0.3, -0.25) is 4.90 Å². The molecule has 1 aromatic carbocycles. The maximum absolute atomic E-state index is 4.47. The molecule has 2 nitrogen and oxygen atoms in total. The maximum atomic E-state index is 4.47. The summed E-state index contributed by atoms with van der Waals surface area (Å²) in [6.45, 7) is 9.23. The molecule has 0 amide bonds. The number of benzene rings is 1. The molecule has 2 aliphatic rings. The summed E-state index contributed by atoms with van der Waals surface area (Å²) in [4.78, 5) is 6.32. The molecule has 2 aliphatic heterocycles. The Kier molecular flexibility index (Phi) is 3.15. The second kappa shape index (κ2) is 5.03. The molecule has 4 rings (SSSR count). The van der Waals surface area contributed by atoms with Crippen LogP contribution in [0.25, 0.3) is 16.5 Å². The first-order valence-corrected chi connectivity index (χ1v) is 8.30. The minimum atomic E-state index is 0.544. The lowest BCUT2D eigenvalue weighted by Crippen LogP contribution is -2.43. The van der Waals surface area contributed by atoms with Crippen molar-refractivity contribution in [1.82, 2.24) is 9.88 Å². The van der Waals surface area contributed by atoms with Gasteiger partial charge in [0.25, 0.3) is 0 Å². The van der Waals surface area contributed by atoms with Crippen LogP contribution in [0.2, 0.25) is 0 Å². The number of aromatic amines is 1. The fourth-order valence-electron chi connectivity index (χ4n) is 4.26. The van der Waals surface area contributed by atoms with E-state index in [4.69, 9.17) is 0 Å². The molecule has 3 heterocycles.